The number of para-hydroxylation sites is 2. The monoisotopic (exact) mass is 1320 g/mol. The van der Waals surface area contributed by atoms with Crippen molar-refractivity contribution in [2.75, 3.05) is 26.6 Å². The van der Waals surface area contributed by atoms with Gasteiger partial charge in [0, 0.05) is 79.6 Å². The van der Waals surface area contributed by atoms with Gasteiger partial charge in [-0.2, -0.15) is 0 Å². The summed E-state index contributed by atoms with van der Waals surface area (Å²) in [6.45, 7) is 4.00. The van der Waals surface area contributed by atoms with Crippen LogP contribution in [0.15, 0.2) is 242 Å². The Morgan fingerprint density at radius 1 is 0.413 bits per heavy atom. The van der Waals surface area contributed by atoms with Crippen molar-refractivity contribution in [1.29, 1.82) is 0 Å². The molecule has 0 aliphatic carbocycles. The van der Waals surface area contributed by atoms with Crippen LogP contribution in [0.5, 0.6) is 0 Å². The van der Waals surface area contributed by atoms with Gasteiger partial charge in [0.2, 0.25) is 0 Å². The summed E-state index contributed by atoms with van der Waals surface area (Å²) in [6.07, 6.45) is 0. The van der Waals surface area contributed by atoms with E-state index in [0.29, 0.717) is 68.5 Å². The van der Waals surface area contributed by atoms with Gasteiger partial charge in [-0.05, 0) is 131 Å². The molecule has 1 radical (unpaired) electrons. The third-order valence-corrected chi connectivity index (χ3v) is 17.4. The van der Waals surface area contributed by atoms with Gasteiger partial charge in [0.25, 0.3) is 0 Å². The van der Waals surface area contributed by atoms with E-state index in [4.69, 9.17) is 59.8 Å². The molecule has 92 heavy (non-hydrogen) atoms. The minimum atomic E-state index is -0.425. The first kappa shape index (κ1) is 63.2. The average Bonchev–Trinajstić information content (AvgIpc) is 1.64. The second-order valence-electron chi connectivity index (χ2n) is 19.8. The number of fused-ring (bicyclic) bond motifs is 20. The Morgan fingerprint density at radius 3 is 1.25 bits per heavy atom. The quantitative estimate of drug-likeness (QED) is 0.0359. The topological polar surface area (TPSA) is 236 Å². The predicted molar refractivity (Wildman–Crippen MR) is 357 cm³/mol. The van der Waals surface area contributed by atoms with Crippen molar-refractivity contribution in [2.24, 2.45) is 5.73 Å². The van der Waals surface area contributed by atoms with Crippen molar-refractivity contribution in [3.63, 3.8) is 0 Å². The van der Waals surface area contributed by atoms with E-state index in [9.17, 15) is 14.4 Å². The van der Waals surface area contributed by atoms with Gasteiger partial charge < -0.3 is 44.1 Å². The van der Waals surface area contributed by atoms with E-state index in [0.717, 1.165) is 84.5 Å². The molecule has 0 amide bonds. The maximum atomic E-state index is 12.4. The first-order valence-corrected chi connectivity index (χ1v) is 31.1. The SMILES string of the molecule is CC.COC(=O)c1ccc(Sc2cccc3c2-c2nc-3nc3[n-]c(nc4nc(nc5[n-]c(n2)c2ccccc52)-c2cccc(Sc5ccc(C(=O)OC)cc5)c2-4)c2cccc(Sc4ccc(C(=O)OC)cc4)c32)cc1.NC(Nc1ccccc1)=[NH+]c1ccccc1.[Cu+2]. The summed E-state index contributed by atoms with van der Waals surface area (Å²) < 4.78 is 14.8. The third-order valence-electron chi connectivity index (χ3n) is 14.2. The van der Waals surface area contributed by atoms with Crippen molar-refractivity contribution in [2.45, 2.75) is 43.2 Å². The van der Waals surface area contributed by atoms with Gasteiger partial charge >= 0.3 is 40.9 Å². The summed E-state index contributed by atoms with van der Waals surface area (Å²) in [5.74, 6) is 0.819. The van der Waals surface area contributed by atoms with Crippen LogP contribution in [0.4, 0.5) is 11.4 Å². The molecule has 0 fully saturated rings. The molecular formula is C71H54CuN11O6S3+. The van der Waals surface area contributed by atoms with Crippen LogP contribution in [-0.4, -0.2) is 75.1 Å². The van der Waals surface area contributed by atoms with Crippen LogP contribution < -0.4 is 26.0 Å². The summed E-state index contributed by atoms with van der Waals surface area (Å²) in [5, 5.41) is 6.07. The van der Waals surface area contributed by atoms with E-state index in [1.165, 1.54) is 56.6 Å². The fourth-order valence-electron chi connectivity index (χ4n) is 10.0. The van der Waals surface area contributed by atoms with Crippen molar-refractivity contribution >= 4 is 115 Å². The van der Waals surface area contributed by atoms with Crippen molar-refractivity contribution in [3.8, 4) is 45.6 Å². The second-order valence-corrected chi connectivity index (χ2v) is 23.2. The van der Waals surface area contributed by atoms with Gasteiger partial charge in [-0.15, -0.1) is 0 Å². The molecule has 457 valence electrons. The Morgan fingerprint density at radius 2 is 0.783 bits per heavy atom. The zero-order chi connectivity index (χ0) is 63.0. The van der Waals surface area contributed by atoms with Gasteiger partial charge in [0.05, 0.1) is 72.7 Å². The molecule has 0 atom stereocenters. The van der Waals surface area contributed by atoms with E-state index in [1.807, 2.05) is 190 Å². The molecule has 0 spiro atoms. The van der Waals surface area contributed by atoms with E-state index < -0.39 is 17.9 Å². The van der Waals surface area contributed by atoms with Crippen LogP contribution in [0.2, 0.25) is 0 Å². The number of hydrogen-bond acceptors (Lipinski definition) is 15. The summed E-state index contributed by atoms with van der Waals surface area (Å²) in [4.78, 5) is 86.9. The Bertz CT molecular complexity index is 4870. The number of ether oxygens (including phenoxy) is 3. The molecular weight excluding hydrogens is 1260 g/mol. The largest absolute Gasteiger partial charge is 2.00 e. The number of nitrogens with zero attached hydrogens (tertiary/aromatic N) is 8. The summed E-state index contributed by atoms with van der Waals surface area (Å²) in [7, 11) is 4.07. The van der Waals surface area contributed by atoms with Gasteiger partial charge in [-0.3, -0.25) is 5.73 Å². The molecule has 5 heterocycles. The Balaban J connectivity index is 0.000000396. The van der Waals surface area contributed by atoms with Crippen LogP contribution >= 0.6 is 35.3 Å². The molecule has 12 aromatic rings. The molecule has 4 N–H and O–H groups in total. The predicted octanol–water partition coefficient (Wildman–Crippen LogP) is 13.8. The summed E-state index contributed by atoms with van der Waals surface area (Å²) in [5.41, 5.74) is 13.6. The Labute approximate surface area is 551 Å². The third kappa shape index (κ3) is 13.5. The number of benzene rings is 9. The van der Waals surface area contributed by atoms with Crippen LogP contribution in [0.3, 0.4) is 0 Å². The minimum absolute atomic E-state index is 0. The average molecular weight is 1320 g/mol. The molecule has 17 nitrogen and oxygen atoms in total. The number of aromatic nitrogens is 8. The van der Waals surface area contributed by atoms with Crippen LogP contribution in [0, 0.1) is 0 Å². The fourth-order valence-corrected chi connectivity index (χ4v) is 12.9. The number of methoxy groups -OCH3 is 3. The molecule has 0 unspecified atom stereocenters. The number of guanidine groups is 1. The number of esters is 3. The Hall–Kier alpha value is -10.4. The van der Waals surface area contributed by atoms with E-state index >= 15 is 0 Å². The first-order valence-electron chi connectivity index (χ1n) is 28.6. The molecule has 2 aliphatic heterocycles. The number of carbonyl (C=O) groups is 3. The van der Waals surface area contributed by atoms with Crippen LogP contribution in [0.25, 0.3) is 89.7 Å². The molecule has 9 aromatic carbocycles. The van der Waals surface area contributed by atoms with E-state index in [1.54, 1.807) is 36.4 Å². The first-order chi connectivity index (χ1) is 44.6. The number of nitrogens with two attached hydrogens (primary N) is 1. The molecule has 14 rings (SSSR count). The minimum Gasteiger partial charge on any atom is -0.465 e. The van der Waals surface area contributed by atoms with Crippen molar-refractivity contribution in [1.82, 2.24) is 39.9 Å². The Kier molecular flexibility index (Phi) is 19.6. The standard InChI is InChI=1S/C56H34N8O6S3.C13H13N3.C2H6.Cu/c1-68-54(65)29-17-23-32(24-18-29)71-40-14-6-11-37-43(40)52-60-48(37)58-46-35-9-4-5-10-36(35)47(57-46)59-51-44-38(12-7-15-41(44)72-33-25-19-30(20-26-33)55(66)69-2)49(61-51)63-53-45-39(50(62-52)64-53)13-8-16-42(45)73-34-27-21-31(22-28-34)56(67)70-3;14-13(15-11-7-3-1-4-8-11)16-12-9-5-2-6-10-12;1-2;/h4-28H,1-3H3;1-10H,(H3,14,15,16);1-2H3;/q-2;;;+2/p+1. The number of hydrogen-bond donors (Lipinski definition) is 3. The fraction of sp³-hybridized carbons (Fsp3) is 0.0704. The normalized spacial score (nSPS) is 11.2. The van der Waals surface area contributed by atoms with Gasteiger partial charge in [0.1, 0.15) is 0 Å². The van der Waals surface area contributed by atoms with Gasteiger partial charge in [0.15, 0.2) is 0 Å². The number of anilines is 1. The zero-order valence-corrected chi connectivity index (χ0v) is 53.2. The molecule has 0 saturated heterocycles. The molecule has 21 heteroatoms. The van der Waals surface area contributed by atoms with Crippen LogP contribution in [0.1, 0.15) is 44.9 Å². The zero-order valence-electron chi connectivity index (χ0n) is 49.8. The maximum Gasteiger partial charge on any atom is 2.00 e. The number of rotatable bonds is 11. The number of carbonyl (C=O) groups excluding carboxylic acids is 3. The maximum absolute atomic E-state index is 12.4. The van der Waals surface area contributed by atoms with Gasteiger partial charge in [-0.25, -0.2) is 34.7 Å². The molecule has 2 aliphatic rings. The molecule has 3 aromatic heterocycles. The summed E-state index contributed by atoms with van der Waals surface area (Å²) in [6, 6.07) is 66.8. The second kappa shape index (κ2) is 28.6. The van der Waals surface area contributed by atoms with Gasteiger partial charge in [-0.1, -0.05) is 146 Å². The smallest absolute Gasteiger partial charge is 0.465 e. The molecule has 0 saturated carbocycles. The molecule has 8 bridgehead atoms. The van der Waals surface area contributed by atoms with Crippen LogP contribution in [-0.2, 0) is 31.3 Å². The number of nitrogens with one attached hydrogen (secondary N) is 2. The van der Waals surface area contributed by atoms with E-state index in [2.05, 4.69) is 10.3 Å². The van der Waals surface area contributed by atoms with Crippen molar-refractivity contribution < 1.29 is 50.7 Å². The van der Waals surface area contributed by atoms with Crippen molar-refractivity contribution in [3.05, 3.63) is 229 Å². The van der Waals surface area contributed by atoms with E-state index in [-0.39, 0.29) is 17.1 Å². The summed E-state index contributed by atoms with van der Waals surface area (Å²) >= 11 is 4.50.